The Balaban J connectivity index is 2.29. The first-order chi connectivity index (χ1) is 11.6. The third-order valence-electron chi connectivity index (χ3n) is 4.47. The molecule has 5 nitrogen and oxygen atoms in total. The minimum atomic E-state index is -0.238. The number of carbonyl (C=O) groups is 1. The molecule has 6 heteroatoms. The predicted molar refractivity (Wildman–Crippen MR) is 98.8 cm³/mol. The number of nitrogens with zero attached hydrogens (tertiary/aromatic N) is 3. The Hall–Kier alpha value is -2.34. The summed E-state index contributed by atoms with van der Waals surface area (Å²) in [5, 5.41) is 5.22. The number of aliphatic imine (C=N–C) groups is 1. The highest BCUT2D eigenvalue weighted by molar-refractivity contribution is 7.19. The first kappa shape index (κ1) is 16.5. The van der Waals surface area contributed by atoms with Gasteiger partial charge in [-0.1, -0.05) is 6.08 Å². The van der Waals surface area contributed by atoms with Crippen molar-refractivity contribution in [1.82, 2.24) is 9.78 Å². The zero-order valence-electron chi connectivity index (χ0n) is 13.8. The lowest BCUT2D eigenvalue weighted by atomic mass is 9.97. The second-order valence-electron chi connectivity index (χ2n) is 5.80. The van der Waals surface area contributed by atoms with Crippen LogP contribution < -0.4 is 5.56 Å². The number of hydrogen-bond acceptors (Lipinski definition) is 5. The first-order valence-corrected chi connectivity index (χ1v) is 8.76. The van der Waals surface area contributed by atoms with E-state index in [2.05, 4.69) is 16.8 Å². The summed E-state index contributed by atoms with van der Waals surface area (Å²) in [5.74, 6) is 0.180. The predicted octanol–water partition coefficient (Wildman–Crippen LogP) is 3.37. The normalized spacial score (nSPS) is 15.8. The summed E-state index contributed by atoms with van der Waals surface area (Å²) >= 11 is 1.54. The van der Waals surface area contributed by atoms with Gasteiger partial charge in [0, 0.05) is 10.3 Å². The van der Waals surface area contributed by atoms with Gasteiger partial charge in [-0.05, 0) is 57.4 Å². The SMILES string of the molecule is C=N/C(=C(C=O)\C(C)=C/C)n1ncc2c3c(sc2c1=O)CCCC3. The molecule has 0 saturated heterocycles. The molecule has 24 heavy (non-hydrogen) atoms. The topological polar surface area (TPSA) is 64.3 Å². The fourth-order valence-corrected chi connectivity index (χ4v) is 4.33. The zero-order valence-corrected chi connectivity index (χ0v) is 14.7. The Kier molecular flexibility index (Phi) is 4.57. The fourth-order valence-electron chi connectivity index (χ4n) is 3.04. The summed E-state index contributed by atoms with van der Waals surface area (Å²) in [7, 11) is 0. The van der Waals surface area contributed by atoms with Crippen LogP contribution in [-0.4, -0.2) is 22.8 Å². The summed E-state index contributed by atoms with van der Waals surface area (Å²) in [5.41, 5.74) is 2.07. The van der Waals surface area contributed by atoms with Crippen LogP contribution in [0.1, 0.15) is 37.1 Å². The number of aryl methyl sites for hydroxylation is 2. The van der Waals surface area contributed by atoms with Crippen LogP contribution in [0.4, 0.5) is 0 Å². The van der Waals surface area contributed by atoms with Gasteiger partial charge in [-0.15, -0.1) is 11.3 Å². The molecule has 1 aliphatic rings. The quantitative estimate of drug-likeness (QED) is 0.371. The van der Waals surface area contributed by atoms with Crippen molar-refractivity contribution in [3.63, 3.8) is 0 Å². The Morgan fingerprint density at radius 1 is 1.42 bits per heavy atom. The van der Waals surface area contributed by atoms with Gasteiger partial charge in [0.2, 0.25) is 0 Å². The summed E-state index contributed by atoms with van der Waals surface area (Å²) in [6, 6.07) is 0. The summed E-state index contributed by atoms with van der Waals surface area (Å²) < 4.78 is 1.87. The van der Waals surface area contributed by atoms with Crippen LogP contribution in [0.5, 0.6) is 0 Å². The fraction of sp³-hybridized carbons (Fsp3) is 0.333. The van der Waals surface area contributed by atoms with Crippen LogP contribution in [0, 0.1) is 0 Å². The maximum absolute atomic E-state index is 12.9. The number of allylic oxidation sites excluding steroid dienone is 3. The standard InChI is InChI=1S/C18H19N3O2S/c1-4-11(2)14(10-22)17(19-3)21-18(23)16-13(9-20-21)12-7-5-6-8-15(12)24-16/h4,9-10H,3,5-8H2,1-2H3/b11-4-,17-14+. The highest BCUT2D eigenvalue weighted by Gasteiger charge is 2.20. The van der Waals surface area contributed by atoms with E-state index in [0.29, 0.717) is 16.6 Å². The smallest absolute Gasteiger partial charge is 0.290 e. The number of thiophene rings is 1. The van der Waals surface area contributed by atoms with Crippen molar-refractivity contribution in [1.29, 1.82) is 0 Å². The number of hydrogen-bond donors (Lipinski definition) is 0. The molecule has 0 bridgehead atoms. The highest BCUT2D eigenvalue weighted by atomic mass is 32.1. The Labute approximate surface area is 144 Å². The number of aldehydes is 1. The zero-order chi connectivity index (χ0) is 17.3. The molecule has 3 rings (SSSR count). The van der Waals surface area contributed by atoms with Gasteiger partial charge in [0.15, 0.2) is 12.1 Å². The van der Waals surface area contributed by atoms with Crippen LogP contribution in [0.15, 0.2) is 33.2 Å². The molecular formula is C18H19N3O2S. The van der Waals surface area contributed by atoms with Crippen LogP contribution in [-0.2, 0) is 17.6 Å². The molecule has 0 spiro atoms. The molecule has 0 saturated carbocycles. The van der Waals surface area contributed by atoms with E-state index in [-0.39, 0.29) is 11.4 Å². The van der Waals surface area contributed by atoms with Crippen LogP contribution >= 0.6 is 11.3 Å². The van der Waals surface area contributed by atoms with Gasteiger partial charge < -0.3 is 0 Å². The lowest BCUT2D eigenvalue weighted by molar-refractivity contribution is -0.104. The van der Waals surface area contributed by atoms with E-state index < -0.39 is 0 Å². The van der Waals surface area contributed by atoms with E-state index in [1.807, 2.05) is 6.92 Å². The van der Waals surface area contributed by atoms with Gasteiger partial charge in [0.1, 0.15) is 4.70 Å². The van der Waals surface area contributed by atoms with E-state index >= 15 is 0 Å². The molecule has 1 aliphatic carbocycles. The van der Waals surface area contributed by atoms with Gasteiger partial charge >= 0.3 is 0 Å². The molecule has 124 valence electrons. The lowest BCUT2D eigenvalue weighted by Crippen LogP contribution is -2.22. The molecule has 0 aromatic carbocycles. The molecule has 0 amide bonds. The molecule has 0 fully saturated rings. The van der Waals surface area contributed by atoms with Crippen molar-refractivity contribution >= 4 is 40.2 Å². The summed E-state index contributed by atoms with van der Waals surface area (Å²) in [6.07, 6.45) is 8.54. The number of rotatable bonds is 4. The van der Waals surface area contributed by atoms with Crippen LogP contribution in [0.3, 0.4) is 0 Å². The highest BCUT2D eigenvalue weighted by Crippen LogP contribution is 2.34. The van der Waals surface area contributed by atoms with Gasteiger partial charge in [0.05, 0.1) is 11.8 Å². The van der Waals surface area contributed by atoms with Gasteiger partial charge in [-0.3, -0.25) is 9.59 Å². The van der Waals surface area contributed by atoms with Crippen molar-refractivity contribution in [2.24, 2.45) is 4.99 Å². The molecule has 0 unspecified atom stereocenters. The third-order valence-corrected chi connectivity index (χ3v) is 5.76. The van der Waals surface area contributed by atoms with E-state index in [0.717, 1.165) is 36.6 Å². The Morgan fingerprint density at radius 3 is 2.83 bits per heavy atom. The number of fused-ring (bicyclic) bond motifs is 3. The largest absolute Gasteiger partial charge is 0.298 e. The molecular weight excluding hydrogens is 322 g/mol. The number of carbonyl (C=O) groups excluding carboxylic acids is 1. The molecule has 0 aliphatic heterocycles. The minimum Gasteiger partial charge on any atom is -0.298 e. The molecule has 0 atom stereocenters. The summed E-state index contributed by atoms with van der Waals surface area (Å²) in [6.45, 7) is 7.14. The average Bonchev–Trinajstić information content (AvgIpc) is 2.99. The summed E-state index contributed by atoms with van der Waals surface area (Å²) in [4.78, 5) is 29.6. The van der Waals surface area contributed by atoms with E-state index in [9.17, 15) is 9.59 Å². The first-order valence-electron chi connectivity index (χ1n) is 7.94. The van der Waals surface area contributed by atoms with Crippen molar-refractivity contribution in [3.8, 4) is 0 Å². The van der Waals surface area contributed by atoms with Crippen molar-refractivity contribution in [3.05, 3.63) is 44.2 Å². The monoisotopic (exact) mass is 341 g/mol. The lowest BCUT2D eigenvalue weighted by Gasteiger charge is -2.10. The Morgan fingerprint density at radius 2 is 2.17 bits per heavy atom. The number of aromatic nitrogens is 2. The van der Waals surface area contributed by atoms with Crippen molar-refractivity contribution in [2.75, 3.05) is 0 Å². The Bertz CT molecular complexity index is 947. The molecule has 2 heterocycles. The molecule has 0 radical (unpaired) electrons. The minimum absolute atomic E-state index is 0.180. The maximum atomic E-state index is 12.9. The average molecular weight is 341 g/mol. The molecule has 2 aromatic rings. The second-order valence-corrected chi connectivity index (χ2v) is 6.91. The van der Waals surface area contributed by atoms with Crippen LogP contribution in [0.2, 0.25) is 0 Å². The third kappa shape index (κ3) is 2.57. The van der Waals surface area contributed by atoms with E-state index in [1.165, 1.54) is 15.1 Å². The van der Waals surface area contributed by atoms with E-state index in [1.54, 1.807) is 30.5 Å². The van der Waals surface area contributed by atoms with Crippen molar-refractivity contribution in [2.45, 2.75) is 39.5 Å². The van der Waals surface area contributed by atoms with Gasteiger partial charge in [-0.25, -0.2) is 4.99 Å². The second kappa shape index (κ2) is 6.65. The van der Waals surface area contributed by atoms with Crippen molar-refractivity contribution < 1.29 is 4.79 Å². The van der Waals surface area contributed by atoms with Gasteiger partial charge in [-0.2, -0.15) is 9.78 Å². The van der Waals surface area contributed by atoms with E-state index in [4.69, 9.17) is 0 Å². The molecule has 0 N–H and O–H groups in total. The molecule has 2 aromatic heterocycles. The van der Waals surface area contributed by atoms with Gasteiger partial charge in [0.25, 0.3) is 5.56 Å². The maximum Gasteiger partial charge on any atom is 0.290 e. The van der Waals surface area contributed by atoms with Crippen LogP contribution in [0.25, 0.3) is 15.9 Å².